The van der Waals surface area contributed by atoms with Crippen LogP contribution in [0.5, 0.6) is 0 Å². The van der Waals surface area contributed by atoms with Crippen LogP contribution in [-0.2, 0) is 9.84 Å². The van der Waals surface area contributed by atoms with E-state index in [1.54, 1.807) is 6.07 Å². The van der Waals surface area contributed by atoms with Gasteiger partial charge in [-0.3, -0.25) is 0 Å². The lowest BCUT2D eigenvalue weighted by atomic mass is 10.4. The lowest BCUT2D eigenvalue weighted by molar-refractivity contribution is 0.603. The molecule has 0 amide bonds. The average molecular weight is 251 g/mol. The SMILES string of the molecule is CS(=O)(=O)CCSc1ccccc1Cl. The molecule has 1 rings (SSSR count). The van der Waals surface area contributed by atoms with Crippen molar-refractivity contribution in [2.75, 3.05) is 17.8 Å². The standard InChI is InChI=1S/C9H11ClO2S2/c1-14(11,12)7-6-13-9-5-3-2-4-8(9)10/h2-5H,6-7H2,1H3. The molecule has 78 valence electrons. The first-order valence-corrected chi connectivity index (χ1v) is 7.46. The summed E-state index contributed by atoms with van der Waals surface area (Å²) >= 11 is 7.37. The topological polar surface area (TPSA) is 34.1 Å². The molecule has 0 saturated carbocycles. The van der Waals surface area contributed by atoms with Crippen LogP contribution in [0.3, 0.4) is 0 Å². The van der Waals surface area contributed by atoms with Gasteiger partial charge in [0.2, 0.25) is 0 Å². The highest BCUT2D eigenvalue weighted by Crippen LogP contribution is 2.26. The van der Waals surface area contributed by atoms with E-state index in [-0.39, 0.29) is 5.75 Å². The van der Waals surface area contributed by atoms with Gasteiger partial charge in [0, 0.05) is 16.9 Å². The number of benzene rings is 1. The second-order valence-corrected chi connectivity index (χ2v) is 6.71. The van der Waals surface area contributed by atoms with Gasteiger partial charge in [0.05, 0.1) is 10.8 Å². The number of hydrogen-bond acceptors (Lipinski definition) is 3. The molecule has 0 aliphatic heterocycles. The van der Waals surface area contributed by atoms with Gasteiger partial charge in [0.15, 0.2) is 0 Å². The molecule has 0 aliphatic rings. The van der Waals surface area contributed by atoms with Gasteiger partial charge in [0.1, 0.15) is 9.84 Å². The summed E-state index contributed by atoms with van der Waals surface area (Å²) < 4.78 is 21.7. The number of thioether (sulfide) groups is 1. The summed E-state index contributed by atoms with van der Waals surface area (Å²) in [5.74, 6) is 0.728. The molecule has 0 atom stereocenters. The third-order valence-corrected chi connectivity index (χ3v) is 4.27. The number of halogens is 1. The summed E-state index contributed by atoms with van der Waals surface area (Å²) in [7, 11) is -2.87. The fraction of sp³-hybridized carbons (Fsp3) is 0.333. The van der Waals surface area contributed by atoms with Crippen LogP contribution in [0, 0.1) is 0 Å². The zero-order valence-corrected chi connectivity index (χ0v) is 10.1. The predicted octanol–water partition coefficient (Wildman–Crippen LogP) is 2.48. The van der Waals surface area contributed by atoms with Gasteiger partial charge in [-0.15, -0.1) is 11.8 Å². The van der Waals surface area contributed by atoms with Crippen LogP contribution in [0.2, 0.25) is 5.02 Å². The van der Waals surface area contributed by atoms with E-state index in [2.05, 4.69) is 0 Å². The Kier molecular flexibility index (Phi) is 4.29. The van der Waals surface area contributed by atoms with Crippen LogP contribution in [0.4, 0.5) is 0 Å². The highest BCUT2D eigenvalue weighted by atomic mass is 35.5. The highest BCUT2D eigenvalue weighted by molar-refractivity contribution is 8.00. The molecule has 0 heterocycles. The predicted molar refractivity (Wildman–Crippen MR) is 61.9 cm³/mol. The molecular weight excluding hydrogens is 240 g/mol. The molecule has 0 unspecified atom stereocenters. The van der Waals surface area contributed by atoms with E-state index in [4.69, 9.17) is 11.6 Å². The normalized spacial score (nSPS) is 11.6. The zero-order chi connectivity index (χ0) is 10.6. The summed E-state index contributed by atoms with van der Waals surface area (Å²) in [6.45, 7) is 0. The highest BCUT2D eigenvalue weighted by Gasteiger charge is 2.04. The van der Waals surface area contributed by atoms with E-state index in [1.807, 2.05) is 18.2 Å². The van der Waals surface area contributed by atoms with Crippen molar-refractivity contribution in [3.05, 3.63) is 29.3 Å². The van der Waals surface area contributed by atoms with Crippen LogP contribution in [-0.4, -0.2) is 26.2 Å². The molecule has 5 heteroatoms. The molecule has 0 saturated heterocycles. The first-order chi connectivity index (χ1) is 6.49. The second kappa shape index (κ2) is 5.05. The molecule has 1 aromatic carbocycles. The maximum Gasteiger partial charge on any atom is 0.148 e. The molecule has 0 aliphatic carbocycles. The minimum atomic E-state index is -2.87. The Labute approximate surface area is 93.6 Å². The summed E-state index contributed by atoms with van der Waals surface area (Å²) in [4.78, 5) is 0.929. The Bertz CT molecular complexity index is 401. The molecule has 0 N–H and O–H groups in total. The molecule has 0 aromatic heterocycles. The maximum absolute atomic E-state index is 10.9. The molecule has 0 bridgehead atoms. The third-order valence-electron chi connectivity index (χ3n) is 1.55. The largest absolute Gasteiger partial charge is 0.229 e. The second-order valence-electron chi connectivity index (χ2n) is 2.91. The van der Waals surface area contributed by atoms with Crippen LogP contribution >= 0.6 is 23.4 Å². The van der Waals surface area contributed by atoms with Gasteiger partial charge in [-0.2, -0.15) is 0 Å². The van der Waals surface area contributed by atoms with Crippen molar-refractivity contribution in [2.45, 2.75) is 4.90 Å². The van der Waals surface area contributed by atoms with Crippen molar-refractivity contribution in [3.8, 4) is 0 Å². The lowest BCUT2D eigenvalue weighted by Gasteiger charge is -2.02. The number of sulfone groups is 1. The van der Waals surface area contributed by atoms with Crippen LogP contribution < -0.4 is 0 Å². The minimum Gasteiger partial charge on any atom is -0.229 e. The molecule has 1 aromatic rings. The monoisotopic (exact) mass is 250 g/mol. The fourth-order valence-electron chi connectivity index (χ4n) is 0.865. The smallest absolute Gasteiger partial charge is 0.148 e. The number of hydrogen-bond donors (Lipinski definition) is 0. The quantitative estimate of drug-likeness (QED) is 0.770. The first kappa shape index (κ1) is 11.9. The average Bonchev–Trinajstić information content (AvgIpc) is 2.06. The van der Waals surface area contributed by atoms with Crippen molar-refractivity contribution in [2.24, 2.45) is 0 Å². The summed E-state index contributed by atoms with van der Waals surface area (Å²) in [5, 5.41) is 0.672. The van der Waals surface area contributed by atoms with Crippen molar-refractivity contribution in [1.82, 2.24) is 0 Å². The van der Waals surface area contributed by atoms with Crippen molar-refractivity contribution in [3.63, 3.8) is 0 Å². The van der Waals surface area contributed by atoms with E-state index in [0.29, 0.717) is 10.8 Å². The Morgan fingerprint density at radius 2 is 2.00 bits per heavy atom. The Balaban J connectivity index is 2.51. The van der Waals surface area contributed by atoms with Gasteiger partial charge < -0.3 is 0 Å². The maximum atomic E-state index is 10.9. The van der Waals surface area contributed by atoms with Crippen molar-refractivity contribution < 1.29 is 8.42 Å². The van der Waals surface area contributed by atoms with E-state index >= 15 is 0 Å². The lowest BCUT2D eigenvalue weighted by Crippen LogP contribution is -2.04. The molecule has 2 nitrogen and oxygen atoms in total. The van der Waals surface area contributed by atoms with E-state index < -0.39 is 9.84 Å². The van der Waals surface area contributed by atoms with Gasteiger partial charge >= 0.3 is 0 Å². The summed E-state index contributed by atoms with van der Waals surface area (Å²) in [6.07, 6.45) is 1.24. The Hall–Kier alpha value is -0.190. The van der Waals surface area contributed by atoms with Crippen molar-refractivity contribution >= 4 is 33.2 Å². The molecule has 14 heavy (non-hydrogen) atoms. The minimum absolute atomic E-state index is 0.183. The molecular formula is C9H11ClO2S2. The number of rotatable bonds is 4. The van der Waals surface area contributed by atoms with Crippen molar-refractivity contribution in [1.29, 1.82) is 0 Å². The van der Waals surface area contributed by atoms with Crippen LogP contribution in [0.25, 0.3) is 0 Å². The van der Waals surface area contributed by atoms with Gasteiger partial charge in [0.25, 0.3) is 0 Å². The first-order valence-electron chi connectivity index (χ1n) is 4.04. The van der Waals surface area contributed by atoms with E-state index in [1.165, 1.54) is 18.0 Å². The van der Waals surface area contributed by atoms with E-state index in [0.717, 1.165) is 4.90 Å². The van der Waals surface area contributed by atoms with E-state index in [9.17, 15) is 8.42 Å². The van der Waals surface area contributed by atoms with Gasteiger partial charge in [-0.25, -0.2) is 8.42 Å². The Morgan fingerprint density at radius 3 is 2.57 bits per heavy atom. The van der Waals surface area contributed by atoms with Crippen LogP contribution in [0.15, 0.2) is 29.2 Å². The molecule has 0 fully saturated rings. The zero-order valence-electron chi connectivity index (χ0n) is 7.73. The summed E-state index contributed by atoms with van der Waals surface area (Å²) in [6, 6.07) is 7.41. The molecule has 0 radical (unpaired) electrons. The molecule has 0 spiro atoms. The van der Waals surface area contributed by atoms with Crippen LogP contribution in [0.1, 0.15) is 0 Å². The van der Waals surface area contributed by atoms with Gasteiger partial charge in [-0.1, -0.05) is 23.7 Å². The summed E-state index contributed by atoms with van der Waals surface area (Å²) in [5.41, 5.74) is 0. The third kappa shape index (κ3) is 4.35. The fourth-order valence-corrected chi connectivity index (χ4v) is 3.31. The Morgan fingerprint density at radius 1 is 1.36 bits per heavy atom. The van der Waals surface area contributed by atoms with Gasteiger partial charge in [-0.05, 0) is 12.1 Å².